The monoisotopic (exact) mass is 188 g/mol. The largest absolute Gasteiger partial charge is 0.378 e. The average Bonchev–Trinajstić information content (AvgIpc) is 2.16. The van der Waals surface area contributed by atoms with Gasteiger partial charge in [0.2, 0.25) is 5.91 Å². The number of hydrogen-bond acceptors (Lipinski definition) is 4. The number of carbonyl (C=O) groups is 1. The molecule has 5 heteroatoms. The van der Waals surface area contributed by atoms with Gasteiger partial charge >= 0.3 is 0 Å². The zero-order valence-corrected chi connectivity index (χ0v) is 7.62. The van der Waals surface area contributed by atoms with Gasteiger partial charge in [0.25, 0.3) is 0 Å². The summed E-state index contributed by atoms with van der Waals surface area (Å²) in [6.07, 6.45) is 1.74. The van der Waals surface area contributed by atoms with E-state index in [2.05, 4.69) is 0 Å². The molecule has 1 fully saturated rings. The van der Waals surface area contributed by atoms with Gasteiger partial charge in [-0.05, 0) is 12.8 Å². The second-order valence-electron chi connectivity index (χ2n) is 3.30. The molecule has 0 aromatic carbocycles. The van der Waals surface area contributed by atoms with Crippen LogP contribution in [0.15, 0.2) is 0 Å². The summed E-state index contributed by atoms with van der Waals surface area (Å²) in [4.78, 5) is 10.5. The highest BCUT2D eigenvalue weighted by Gasteiger charge is 2.32. The summed E-state index contributed by atoms with van der Waals surface area (Å²) in [5.41, 5.74) is 10.1. The molecule has 0 saturated carbocycles. The Morgan fingerprint density at radius 3 is 2.85 bits per heavy atom. The highest BCUT2D eigenvalue weighted by Crippen LogP contribution is 2.21. The van der Waals surface area contributed by atoms with E-state index in [0.717, 1.165) is 19.4 Å². The van der Waals surface area contributed by atoms with E-state index in [1.807, 2.05) is 0 Å². The van der Waals surface area contributed by atoms with Crippen LogP contribution in [0, 0.1) is 0 Å². The van der Waals surface area contributed by atoms with Crippen molar-refractivity contribution in [2.24, 2.45) is 11.5 Å². The molecule has 0 aromatic heterocycles. The van der Waals surface area contributed by atoms with Crippen LogP contribution in [0.3, 0.4) is 0 Å². The molecule has 0 bridgehead atoms. The van der Waals surface area contributed by atoms with E-state index in [1.165, 1.54) is 0 Å². The highest BCUT2D eigenvalue weighted by molar-refractivity contribution is 5.75. The number of carbonyl (C=O) groups excluding carboxylic acids is 1. The second kappa shape index (κ2) is 4.55. The van der Waals surface area contributed by atoms with E-state index in [0.29, 0.717) is 13.2 Å². The molecular formula is C8H16N2O3. The normalized spacial score (nSPS) is 28.7. The van der Waals surface area contributed by atoms with Crippen LogP contribution in [0.2, 0.25) is 0 Å². The highest BCUT2D eigenvalue weighted by atomic mass is 16.5. The molecule has 1 saturated heterocycles. The molecule has 1 aliphatic heterocycles. The number of hydrogen-bond donors (Lipinski definition) is 2. The van der Waals surface area contributed by atoms with E-state index in [9.17, 15) is 4.79 Å². The summed E-state index contributed by atoms with van der Waals surface area (Å²) >= 11 is 0. The molecule has 1 aliphatic rings. The lowest BCUT2D eigenvalue weighted by atomic mass is 9.97. The third-order valence-corrected chi connectivity index (χ3v) is 2.18. The number of primary amides is 1. The lowest BCUT2D eigenvalue weighted by Gasteiger charge is -2.35. The van der Waals surface area contributed by atoms with Crippen molar-refractivity contribution in [1.29, 1.82) is 0 Å². The number of nitrogens with two attached hydrogens (primary N) is 2. The number of amides is 1. The summed E-state index contributed by atoms with van der Waals surface area (Å²) in [5.74, 6) is -0.474. The van der Waals surface area contributed by atoms with Gasteiger partial charge in [-0.15, -0.1) is 0 Å². The predicted octanol–water partition coefficient (Wildman–Crippen LogP) is -1.00. The minimum Gasteiger partial charge on any atom is -0.378 e. The zero-order valence-electron chi connectivity index (χ0n) is 7.62. The zero-order chi connectivity index (χ0) is 9.73. The summed E-state index contributed by atoms with van der Waals surface area (Å²) < 4.78 is 10.6. The van der Waals surface area contributed by atoms with Crippen LogP contribution in [0.5, 0.6) is 0 Å². The van der Waals surface area contributed by atoms with Gasteiger partial charge in [0.1, 0.15) is 12.2 Å². The van der Waals surface area contributed by atoms with Gasteiger partial charge in [-0.3, -0.25) is 4.79 Å². The molecule has 4 N–H and O–H groups in total. The third-order valence-electron chi connectivity index (χ3n) is 2.18. The smallest absolute Gasteiger partial charge is 0.243 e. The van der Waals surface area contributed by atoms with Gasteiger partial charge in [-0.2, -0.15) is 0 Å². The van der Waals surface area contributed by atoms with Crippen LogP contribution in [-0.4, -0.2) is 37.9 Å². The fraction of sp³-hybridized carbons (Fsp3) is 0.875. The van der Waals surface area contributed by atoms with Gasteiger partial charge in [-0.25, -0.2) is 0 Å². The second-order valence-corrected chi connectivity index (χ2v) is 3.30. The van der Waals surface area contributed by atoms with Gasteiger partial charge in [-0.1, -0.05) is 0 Å². The quantitative estimate of drug-likeness (QED) is 0.592. The number of ether oxygens (including phenoxy) is 2. The number of rotatable bonds is 4. The molecule has 0 aromatic rings. The first-order chi connectivity index (χ1) is 6.18. The topological polar surface area (TPSA) is 87.6 Å². The van der Waals surface area contributed by atoms with Crippen molar-refractivity contribution in [2.75, 3.05) is 26.4 Å². The Labute approximate surface area is 77.4 Å². The van der Waals surface area contributed by atoms with E-state index >= 15 is 0 Å². The third kappa shape index (κ3) is 2.95. The molecule has 0 aliphatic carbocycles. The van der Waals surface area contributed by atoms with Crippen molar-refractivity contribution in [3.8, 4) is 0 Å². The maximum absolute atomic E-state index is 10.5. The molecular weight excluding hydrogens is 172 g/mol. The Balaban J connectivity index is 2.42. The standard InChI is InChI=1S/C8H16N2O3/c9-5-8(13-4-7(10)11)2-1-3-12-6-8/h1-6,9H2,(H2,10,11). The van der Waals surface area contributed by atoms with Gasteiger partial charge < -0.3 is 20.9 Å². The van der Waals surface area contributed by atoms with Crippen LogP contribution in [0.4, 0.5) is 0 Å². The molecule has 1 heterocycles. The van der Waals surface area contributed by atoms with Crippen LogP contribution >= 0.6 is 0 Å². The Bertz CT molecular complexity index is 178. The summed E-state index contributed by atoms with van der Waals surface area (Å²) in [7, 11) is 0. The summed E-state index contributed by atoms with van der Waals surface area (Å²) in [6, 6.07) is 0. The van der Waals surface area contributed by atoms with Gasteiger partial charge in [0.05, 0.1) is 6.61 Å². The lowest BCUT2D eigenvalue weighted by molar-refractivity contribution is -0.144. The molecule has 1 rings (SSSR count). The average molecular weight is 188 g/mol. The van der Waals surface area contributed by atoms with Crippen LogP contribution in [0.1, 0.15) is 12.8 Å². The molecule has 1 atom stereocenters. The fourth-order valence-electron chi connectivity index (χ4n) is 1.38. The van der Waals surface area contributed by atoms with Crippen molar-refractivity contribution >= 4 is 5.91 Å². The molecule has 0 spiro atoms. The van der Waals surface area contributed by atoms with Crippen molar-refractivity contribution < 1.29 is 14.3 Å². The molecule has 1 unspecified atom stereocenters. The van der Waals surface area contributed by atoms with Gasteiger partial charge in [0.15, 0.2) is 0 Å². The Hall–Kier alpha value is -0.650. The van der Waals surface area contributed by atoms with Crippen molar-refractivity contribution in [3.63, 3.8) is 0 Å². The maximum atomic E-state index is 10.5. The lowest BCUT2D eigenvalue weighted by Crippen LogP contribution is -2.49. The minimum absolute atomic E-state index is 0.0828. The Kier molecular flexibility index (Phi) is 3.65. The summed E-state index contributed by atoms with van der Waals surface area (Å²) in [5, 5.41) is 0. The van der Waals surface area contributed by atoms with Crippen molar-refractivity contribution in [1.82, 2.24) is 0 Å². The van der Waals surface area contributed by atoms with E-state index in [4.69, 9.17) is 20.9 Å². The van der Waals surface area contributed by atoms with E-state index < -0.39 is 11.5 Å². The SMILES string of the molecule is NCC1(OCC(N)=O)CCCOC1. The predicted molar refractivity (Wildman–Crippen MR) is 47.0 cm³/mol. The maximum Gasteiger partial charge on any atom is 0.243 e. The minimum atomic E-state index is -0.493. The van der Waals surface area contributed by atoms with Crippen LogP contribution < -0.4 is 11.5 Å². The van der Waals surface area contributed by atoms with Crippen LogP contribution in [0.25, 0.3) is 0 Å². The van der Waals surface area contributed by atoms with E-state index in [1.54, 1.807) is 0 Å². The van der Waals surface area contributed by atoms with E-state index in [-0.39, 0.29) is 6.61 Å². The molecule has 76 valence electrons. The van der Waals surface area contributed by atoms with Crippen molar-refractivity contribution in [2.45, 2.75) is 18.4 Å². The summed E-state index contributed by atoms with van der Waals surface area (Å²) in [6.45, 7) is 1.47. The van der Waals surface area contributed by atoms with Crippen molar-refractivity contribution in [3.05, 3.63) is 0 Å². The molecule has 1 amide bonds. The van der Waals surface area contributed by atoms with Gasteiger partial charge in [0, 0.05) is 13.2 Å². The first kappa shape index (κ1) is 10.4. The first-order valence-electron chi connectivity index (χ1n) is 4.39. The Morgan fingerprint density at radius 1 is 1.62 bits per heavy atom. The van der Waals surface area contributed by atoms with Crippen LogP contribution in [-0.2, 0) is 14.3 Å². The molecule has 0 radical (unpaired) electrons. The fourth-order valence-corrected chi connectivity index (χ4v) is 1.38. The molecule has 5 nitrogen and oxygen atoms in total. The molecule has 13 heavy (non-hydrogen) atoms. The first-order valence-corrected chi connectivity index (χ1v) is 4.39. The Morgan fingerprint density at radius 2 is 2.38 bits per heavy atom.